The number of rotatable bonds is 3. The summed E-state index contributed by atoms with van der Waals surface area (Å²) in [4.78, 5) is 13.4. The summed E-state index contributed by atoms with van der Waals surface area (Å²) < 4.78 is 5.68. The molecule has 6 heteroatoms. The standard InChI is InChI=1S/C15H25N5O/c1-10(2)21-15-13(16)14(17-9-18-15)20-7-6-11-4-5-12(8-20)19(11)3/h9-12H,4-8,16H2,1-3H3. The molecule has 2 fully saturated rings. The van der Waals surface area contributed by atoms with Gasteiger partial charge in [0.1, 0.15) is 12.0 Å². The van der Waals surface area contributed by atoms with Crippen molar-refractivity contribution in [3.8, 4) is 5.88 Å². The lowest BCUT2D eigenvalue weighted by atomic mass is 10.1. The second kappa shape index (κ2) is 5.67. The molecule has 6 nitrogen and oxygen atoms in total. The first-order chi connectivity index (χ1) is 10.1. The molecule has 3 heterocycles. The van der Waals surface area contributed by atoms with Gasteiger partial charge in [-0.3, -0.25) is 4.90 Å². The highest BCUT2D eigenvalue weighted by molar-refractivity contribution is 5.68. The highest BCUT2D eigenvalue weighted by atomic mass is 16.5. The maximum Gasteiger partial charge on any atom is 0.242 e. The maximum absolute atomic E-state index is 6.24. The van der Waals surface area contributed by atoms with E-state index >= 15 is 0 Å². The molecule has 0 radical (unpaired) electrons. The summed E-state index contributed by atoms with van der Waals surface area (Å²) in [7, 11) is 2.24. The highest BCUT2D eigenvalue weighted by Crippen LogP contribution is 2.34. The van der Waals surface area contributed by atoms with E-state index in [1.807, 2.05) is 13.8 Å². The predicted molar refractivity (Wildman–Crippen MR) is 83.6 cm³/mol. The molecule has 2 aliphatic heterocycles. The van der Waals surface area contributed by atoms with Crippen LogP contribution in [-0.4, -0.2) is 53.2 Å². The number of nitrogens with two attached hydrogens (primary N) is 1. The number of nitrogens with zero attached hydrogens (tertiary/aromatic N) is 4. The lowest BCUT2D eigenvalue weighted by Gasteiger charge is -2.27. The lowest BCUT2D eigenvalue weighted by Crippen LogP contribution is -2.37. The lowest BCUT2D eigenvalue weighted by molar-refractivity contribution is 0.234. The van der Waals surface area contributed by atoms with Gasteiger partial charge in [0.05, 0.1) is 6.10 Å². The molecule has 0 saturated carbocycles. The van der Waals surface area contributed by atoms with Gasteiger partial charge in [-0.25, -0.2) is 4.98 Å². The third kappa shape index (κ3) is 2.77. The highest BCUT2D eigenvalue weighted by Gasteiger charge is 2.35. The summed E-state index contributed by atoms with van der Waals surface area (Å²) in [6.45, 7) is 5.92. The normalized spacial score (nSPS) is 26.2. The molecule has 2 aliphatic rings. The number of anilines is 2. The van der Waals surface area contributed by atoms with E-state index in [1.54, 1.807) is 6.33 Å². The van der Waals surface area contributed by atoms with Crippen molar-refractivity contribution in [2.75, 3.05) is 30.8 Å². The second-order valence-electron chi connectivity index (χ2n) is 6.37. The van der Waals surface area contributed by atoms with Crippen molar-refractivity contribution >= 4 is 11.5 Å². The monoisotopic (exact) mass is 291 g/mol. The van der Waals surface area contributed by atoms with Gasteiger partial charge in [0.2, 0.25) is 5.88 Å². The number of nitrogen functional groups attached to an aromatic ring is 1. The van der Waals surface area contributed by atoms with E-state index in [2.05, 4.69) is 26.8 Å². The van der Waals surface area contributed by atoms with E-state index in [4.69, 9.17) is 10.5 Å². The number of ether oxygens (including phenoxy) is 1. The Balaban J connectivity index is 1.83. The van der Waals surface area contributed by atoms with Crippen molar-refractivity contribution in [3.63, 3.8) is 0 Å². The van der Waals surface area contributed by atoms with Crippen molar-refractivity contribution in [1.82, 2.24) is 14.9 Å². The molecule has 2 atom stereocenters. The van der Waals surface area contributed by atoms with Crippen molar-refractivity contribution in [2.24, 2.45) is 0 Å². The minimum absolute atomic E-state index is 0.0568. The first-order valence-electron chi connectivity index (χ1n) is 7.80. The van der Waals surface area contributed by atoms with E-state index in [-0.39, 0.29) is 6.10 Å². The first-order valence-corrected chi connectivity index (χ1v) is 7.80. The van der Waals surface area contributed by atoms with Crippen LogP contribution in [0.4, 0.5) is 11.5 Å². The largest absolute Gasteiger partial charge is 0.473 e. The van der Waals surface area contributed by atoms with Crippen LogP contribution in [0.15, 0.2) is 6.33 Å². The Morgan fingerprint density at radius 2 is 2.00 bits per heavy atom. The average molecular weight is 291 g/mol. The van der Waals surface area contributed by atoms with Crippen LogP contribution in [0.1, 0.15) is 33.1 Å². The van der Waals surface area contributed by atoms with Crippen molar-refractivity contribution in [3.05, 3.63) is 6.33 Å². The van der Waals surface area contributed by atoms with E-state index in [0.29, 0.717) is 23.7 Å². The zero-order chi connectivity index (χ0) is 15.0. The first kappa shape index (κ1) is 14.4. The molecule has 0 aliphatic carbocycles. The van der Waals surface area contributed by atoms with Gasteiger partial charge in [0.25, 0.3) is 0 Å². The Bertz CT molecular complexity index is 507. The van der Waals surface area contributed by atoms with E-state index in [1.165, 1.54) is 12.8 Å². The van der Waals surface area contributed by atoms with Crippen LogP contribution < -0.4 is 15.4 Å². The van der Waals surface area contributed by atoms with Gasteiger partial charge >= 0.3 is 0 Å². The van der Waals surface area contributed by atoms with Gasteiger partial charge in [-0.15, -0.1) is 0 Å². The fraction of sp³-hybridized carbons (Fsp3) is 0.733. The average Bonchev–Trinajstić information content (AvgIpc) is 2.66. The Labute approximate surface area is 126 Å². The van der Waals surface area contributed by atoms with E-state index in [9.17, 15) is 0 Å². The zero-order valence-electron chi connectivity index (χ0n) is 13.1. The summed E-state index contributed by atoms with van der Waals surface area (Å²) in [5.74, 6) is 1.32. The third-order valence-corrected chi connectivity index (χ3v) is 4.62. The van der Waals surface area contributed by atoms with Crippen molar-refractivity contribution in [2.45, 2.75) is 51.3 Å². The minimum atomic E-state index is 0.0568. The van der Waals surface area contributed by atoms with Gasteiger partial charge in [-0.2, -0.15) is 4.98 Å². The molecule has 1 aromatic heterocycles. The summed E-state index contributed by atoms with van der Waals surface area (Å²) >= 11 is 0. The fourth-order valence-corrected chi connectivity index (χ4v) is 3.44. The molecule has 0 amide bonds. The zero-order valence-corrected chi connectivity index (χ0v) is 13.1. The molecule has 1 aromatic rings. The molecule has 0 aromatic carbocycles. The molecule has 0 spiro atoms. The third-order valence-electron chi connectivity index (χ3n) is 4.62. The Kier molecular flexibility index (Phi) is 3.89. The minimum Gasteiger partial charge on any atom is -0.473 e. The number of hydrogen-bond donors (Lipinski definition) is 1. The Hall–Kier alpha value is -1.56. The molecule has 2 unspecified atom stereocenters. The van der Waals surface area contributed by atoms with Gasteiger partial charge in [-0.1, -0.05) is 0 Å². The van der Waals surface area contributed by atoms with Crippen LogP contribution in [0, 0.1) is 0 Å². The Morgan fingerprint density at radius 1 is 1.24 bits per heavy atom. The maximum atomic E-state index is 6.24. The van der Waals surface area contributed by atoms with Gasteiger partial charge < -0.3 is 15.4 Å². The molecule has 2 N–H and O–H groups in total. The molecule has 2 saturated heterocycles. The van der Waals surface area contributed by atoms with E-state index in [0.717, 1.165) is 25.3 Å². The molecular formula is C15H25N5O. The summed E-state index contributed by atoms with van der Waals surface area (Å²) in [5, 5.41) is 0. The predicted octanol–water partition coefficient (Wildman–Crippen LogP) is 1.52. The van der Waals surface area contributed by atoms with Crippen LogP contribution in [0.3, 0.4) is 0 Å². The molecule has 2 bridgehead atoms. The summed E-state index contributed by atoms with van der Waals surface area (Å²) in [6, 6.07) is 1.30. The number of likely N-dealkylation sites (N-methyl/N-ethyl adjacent to an activating group) is 1. The van der Waals surface area contributed by atoms with Crippen molar-refractivity contribution < 1.29 is 4.74 Å². The van der Waals surface area contributed by atoms with Gasteiger partial charge in [0, 0.05) is 25.2 Å². The number of hydrogen-bond acceptors (Lipinski definition) is 6. The topological polar surface area (TPSA) is 67.5 Å². The number of fused-ring (bicyclic) bond motifs is 2. The van der Waals surface area contributed by atoms with Crippen LogP contribution in [-0.2, 0) is 0 Å². The van der Waals surface area contributed by atoms with Crippen LogP contribution in [0.25, 0.3) is 0 Å². The molecule has 116 valence electrons. The van der Waals surface area contributed by atoms with Crippen LogP contribution in [0.5, 0.6) is 5.88 Å². The SMILES string of the molecule is CC(C)Oc1ncnc(N2CCC3CCC(C2)N3C)c1N. The quantitative estimate of drug-likeness (QED) is 0.910. The summed E-state index contributed by atoms with van der Waals surface area (Å²) in [6.07, 6.45) is 5.35. The van der Waals surface area contributed by atoms with Gasteiger partial charge in [0.15, 0.2) is 5.82 Å². The van der Waals surface area contributed by atoms with Crippen molar-refractivity contribution in [1.29, 1.82) is 0 Å². The van der Waals surface area contributed by atoms with E-state index < -0.39 is 0 Å². The fourth-order valence-electron chi connectivity index (χ4n) is 3.44. The Morgan fingerprint density at radius 3 is 2.76 bits per heavy atom. The van der Waals surface area contributed by atoms with Crippen LogP contribution >= 0.6 is 0 Å². The van der Waals surface area contributed by atoms with Gasteiger partial charge in [-0.05, 0) is 40.2 Å². The summed E-state index contributed by atoms with van der Waals surface area (Å²) in [5.41, 5.74) is 6.80. The smallest absolute Gasteiger partial charge is 0.242 e. The molecular weight excluding hydrogens is 266 g/mol. The molecule has 3 rings (SSSR count). The second-order valence-corrected chi connectivity index (χ2v) is 6.37. The number of aromatic nitrogens is 2. The molecule has 21 heavy (non-hydrogen) atoms. The van der Waals surface area contributed by atoms with Crippen LogP contribution in [0.2, 0.25) is 0 Å².